The van der Waals surface area contributed by atoms with Crippen LogP contribution in [0.4, 0.5) is 5.13 Å². The van der Waals surface area contributed by atoms with Crippen molar-refractivity contribution in [3.8, 4) is 5.75 Å². The molecular weight excluding hydrogens is 256 g/mol. The van der Waals surface area contributed by atoms with E-state index < -0.39 is 11.9 Å². The molecule has 0 atom stereocenters. The lowest BCUT2D eigenvalue weighted by Gasteiger charge is -2.00. The molecule has 18 heavy (non-hydrogen) atoms. The number of hydrogen-bond donors (Lipinski definition) is 2. The Morgan fingerprint density at radius 1 is 1.50 bits per heavy atom. The van der Waals surface area contributed by atoms with E-state index in [9.17, 15) is 9.59 Å². The van der Waals surface area contributed by atoms with Crippen LogP contribution in [0.25, 0.3) is 10.2 Å². The van der Waals surface area contributed by atoms with Gasteiger partial charge in [-0.2, -0.15) is 0 Å². The molecule has 0 bridgehead atoms. The maximum atomic E-state index is 11.0. The van der Waals surface area contributed by atoms with Crippen LogP contribution in [0.5, 0.6) is 5.75 Å². The van der Waals surface area contributed by atoms with Gasteiger partial charge in [-0.05, 0) is 25.1 Å². The van der Waals surface area contributed by atoms with Gasteiger partial charge in [-0.15, -0.1) is 0 Å². The third kappa shape index (κ3) is 2.57. The third-order valence-electron chi connectivity index (χ3n) is 2.09. The summed E-state index contributed by atoms with van der Waals surface area (Å²) in [4.78, 5) is 25.5. The van der Waals surface area contributed by atoms with Crippen molar-refractivity contribution in [2.75, 3.05) is 11.9 Å². The standard InChI is InChI=1S/C11H10N2O4S/c1-2-17-6-3-4-7-8(5-6)18-11(12-7)13-9(14)10(15)16/h3-5H,2H2,1H3,(H,15,16)(H,12,13,14). The summed E-state index contributed by atoms with van der Waals surface area (Å²) in [6, 6.07) is 5.33. The molecule has 7 heteroatoms. The molecule has 2 N–H and O–H groups in total. The van der Waals surface area contributed by atoms with Gasteiger partial charge < -0.3 is 9.84 Å². The highest BCUT2D eigenvalue weighted by Crippen LogP contribution is 2.29. The van der Waals surface area contributed by atoms with E-state index >= 15 is 0 Å². The highest BCUT2D eigenvalue weighted by Gasteiger charge is 2.14. The lowest BCUT2D eigenvalue weighted by molar-refractivity contribution is -0.147. The number of aromatic nitrogens is 1. The zero-order chi connectivity index (χ0) is 13.1. The molecule has 2 aromatic rings. The van der Waals surface area contributed by atoms with Crippen molar-refractivity contribution in [3.63, 3.8) is 0 Å². The lowest BCUT2D eigenvalue weighted by Crippen LogP contribution is -2.21. The van der Waals surface area contributed by atoms with Crippen molar-refractivity contribution < 1.29 is 19.4 Å². The molecule has 0 aliphatic rings. The van der Waals surface area contributed by atoms with Crippen LogP contribution in [-0.4, -0.2) is 28.6 Å². The zero-order valence-electron chi connectivity index (χ0n) is 9.47. The van der Waals surface area contributed by atoms with E-state index in [4.69, 9.17) is 9.84 Å². The van der Waals surface area contributed by atoms with Crippen molar-refractivity contribution >= 4 is 38.6 Å². The molecule has 94 valence electrons. The summed E-state index contributed by atoms with van der Waals surface area (Å²) in [5.41, 5.74) is 0.684. The molecule has 6 nitrogen and oxygen atoms in total. The molecule has 0 aliphatic carbocycles. The maximum Gasteiger partial charge on any atom is 0.394 e. The van der Waals surface area contributed by atoms with Crippen LogP contribution >= 0.6 is 11.3 Å². The van der Waals surface area contributed by atoms with Gasteiger partial charge in [-0.3, -0.25) is 10.1 Å². The Labute approximate surface area is 106 Å². The van der Waals surface area contributed by atoms with Gasteiger partial charge in [0.25, 0.3) is 0 Å². The number of nitrogens with one attached hydrogen (secondary N) is 1. The molecule has 1 aromatic carbocycles. The quantitative estimate of drug-likeness (QED) is 0.826. The van der Waals surface area contributed by atoms with Crippen molar-refractivity contribution in [3.05, 3.63) is 18.2 Å². The van der Waals surface area contributed by atoms with Crippen molar-refractivity contribution in [2.45, 2.75) is 6.92 Å². The SMILES string of the molecule is CCOc1ccc2nc(NC(=O)C(=O)O)sc2c1. The lowest BCUT2D eigenvalue weighted by atomic mass is 10.3. The number of ether oxygens (including phenoxy) is 1. The summed E-state index contributed by atoms with van der Waals surface area (Å²) in [6.45, 7) is 2.45. The van der Waals surface area contributed by atoms with Crippen LogP contribution in [0, 0.1) is 0 Å². The van der Waals surface area contributed by atoms with Gasteiger partial charge in [0.05, 0.1) is 16.8 Å². The number of carbonyl (C=O) groups excluding carboxylic acids is 1. The Kier molecular flexibility index (Phi) is 3.42. The second-order valence-corrected chi connectivity index (χ2v) is 4.37. The number of benzene rings is 1. The van der Waals surface area contributed by atoms with Gasteiger partial charge >= 0.3 is 11.9 Å². The second kappa shape index (κ2) is 5.01. The van der Waals surface area contributed by atoms with Crippen LogP contribution < -0.4 is 10.1 Å². The minimum Gasteiger partial charge on any atom is -0.494 e. The fourth-order valence-corrected chi connectivity index (χ4v) is 2.25. The fraction of sp³-hybridized carbons (Fsp3) is 0.182. The number of fused-ring (bicyclic) bond motifs is 1. The first-order valence-corrected chi connectivity index (χ1v) is 5.99. The van der Waals surface area contributed by atoms with Gasteiger partial charge in [0.15, 0.2) is 5.13 Å². The second-order valence-electron chi connectivity index (χ2n) is 3.34. The predicted octanol–water partition coefficient (Wildman–Crippen LogP) is 1.72. The Balaban J connectivity index is 2.27. The number of anilines is 1. The van der Waals surface area contributed by atoms with Crippen LogP contribution in [0.2, 0.25) is 0 Å². The van der Waals surface area contributed by atoms with E-state index in [1.54, 1.807) is 18.2 Å². The normalized spacial score (nSPS) is 10.3. The van der Waals surface area contributed by atoms with Gasteiger partial charge in [-0.25, -0.2) is 9.78 Å². The number of amides is 1. The van der Waals surface area contributed by atoms with Crippen LogP contribution in [0.1, 0.15) is 6.92 Å². The summed E-state index contributed by atoms with van der Waals surface area (Å²) >= 11 is 1.20. The van der Waals surface area contributed by atoms with Crippen molar-refractivity contribution in [1.29, 1.82) is 0 Å². The summed E-state index contributed by atoms with van der Waals surface area (Å²) < 4.78 is 6.16. The molecule has 0 fully saturated rings. The van der Waals surface area contributed by atoms with Crippen LogP contribution in [0.15, 0.2) is 18.2 Å². The predicted molar refractivity (Wildman–Crippen MR) is 67.1 cm³/mol. The summed E-state index contributed by atoms with van der Waals surface area (Å²) in [7, 11) is 0. The average Bonchev–Trinajstić information content (AvgIpc) is 2.70. The van der Waals surface area contributed by atoms with Gasteiger partial charge in [-0.1, -0.05) is 11.3 Å². The topological polar surface area (TPSA) is 88.5 Å². The van der Waals surface area contributed by atoms with Gasteiger partial charge in [0.1, 0.15) is 5.75 Å². The van der Waals surface area contributed by atoms with E-state index in [1.807, 2.05) is 6.92 Å². The number of carboxylic acid groups (broad SMARTS) is 1. The molecule has 1 aromatic heterocycles. The molecule has 0 radical (unpaired) electrons. The molecule has 2 rings (SSSR count). The number of hydrogen-bond acceptors (Lipinski definition) is 5. The van der Waals surface area contributed by atoms with Crippen LogP contribution in [-0.2, 0) is 9.59 Å². The monoisotopic (exact) mass is 266 g/mol. The molecule has 0 saturated carbocycles. The Hall–Kier alpha value is -2.15. The molecule has 0 spiro atoms. The Morgan fingerprint density at radius 3 is 2.94 bits per heavy atom. The fourth-order valence-electron chi connectivity index (χ4n) is 1.37. The number of thiazole rings is 1. The molecular formula is C11H10N2O4S. The number of rotatable bonds is 3. The molecule has 0 saturated heterocycles. The first-order valence-electron chi connectivity index (χ1n) is 5.18. The Bertz CT molecular complexity index is 608. The van der Waals surface area contributed by atoms with E-state index in [1.165, 1.54) is 11.3 Å². The average molecular weight is 266 g/mol. The minimum atomic E-state index is -1.54. The summed E-state index contributed by atoms with van der Waals surface area (Å²) in [6.07, 6.45) is 0. The number of aliphatic carboxylic acids is 1. The maximum absolute atomic E-state index is 11.0. The van der Waals surface area contributed by atoms with E-state index in [0.717, 1.165) is 4.70 Å². The summed E-state index contributed by atoms with van der Waals surface area (Å²) in [5.74, 6) is -1.92. The van der Waals surface area contributed by atoms with E-state index in [0.29, 0.717) is 17.9 Å². The van der Waals surface area contributed by atoms with E-state index in [2.05, 4.69) is 10.3 Å². The number of nitrogens with zero attached hydrogens (tertiary/aromatic N) is 1. The number of carboxylic acids is 1. The summed E-state index contributed by atoms with van der Waals surface area (Å²) in [5, 5.41) is 10.9. The molecule has 1 heterocycles. The Morgan fingerprint density at radius 2 is 2.28 bits per heavy atom. The highest BCUT2D eigenvalue weighted by atomic mass is 32.1. The number of carbonyl (C=O) groups is 2. The molecule has 1 amide bonds. The smallest absolute Gasteiger partial charge is 0.394 e. The third-order valence-corrected chi connectivity index (χ3v) is 3.02. The van der Waals surface area contributed by atoms with E-state index in [-0.39, 0.29) is 5.13 Å². The van der Waals surface area contributed by atoms with Crippen LogP contribution in [0.3, 0.4) is 0 Å². The molecule has 0 aliphatic heterocycles. The van der Waals surface area contributed by atoms with Crippen molar-refractivity contribution in [2.24, 2.45) is 0 Å². The van der Waals surface area contributed by atoms with Gasteiger partial charge in [0, 0.05) is 0 Å². The first kappa shape index (κ1) is 12.3. The minimum absolute atomic E-state index is 0.256. The first-order chi connectivity index (χ1) is 8.60. The zero-order valence-corrected chi connectivity index (χ0v) is 10.3. The van der Waals surface area contributed by atoms with Gasteiger partial charge in [0.2, 0.25) is 0 Å². The molecule has 0 unspecified atom stereocenters. The highest BCUT2D eigenvalue weighted by molar-refractivity contribution is 7.22. The largest absolute Gasteiger partial charge is 0.494 e. The van der Waals surface area contributed by atoms with Crippen molar-refractivity contribution in [1.82, 2.24) is 4.98 Å².